The van der Waals surface area contributed by atoms with Crippen molar-refractivity contribution < 1.29 is 4.57 Å². The predicted molar refractivity (Wildman–Crippen MR) is 120 cm³/mol. The zero-order chi connectivity index (χ0) is 19.9. The number of rotatable bonds is 7. The van der Waals surface area contributed by atoms with Crippen molar-refractivity contribution in [2.45, 2.75) is 12.3 Å². The van der Waals surface area contributed by atoms with E-state index in [2.05, 4.69) is 22.4 Å². The Kier molecular flexibility index (Phi) is 6.00. The van der Waals surface area contributed by atoms with Gasteiger partial charge in [-0.1, -0.05) is 91.0 Å². The quantitative estimate of drug-likeness (QED) is 0.451. The van der Waals surface area contributed by atoms with Gasteiger partial charge >= 0.3 is 0 Å². The molecule has 144 valence electrons. The highest BCUT2D eigenvalue weighted by Gasteiger charge is 2.37. The fourth-order valence-corrected chi connectivity index (χ4v) is 6.62. The molecule has 0 unspecified atom stereocenters. The van der Waals surface area contributed by atoms with Gasteiger partial charge in [0.2, 0.25) is 0 Å². The van der Waals surface area contributed by atoms with Crippen molar-refractivity contribution in [3.63, 3.8) is 0 Å². The average molecular weight is 398 g/mol. The summed E-state index contributed by atoms with van der Waals surface area (Å²) in [7, 11) is -3.03. The lowest BCUT2D eigenvalue weighted by molar-refractivity contribution is 0.559. The van der Waals surface area contributed by atoms with Crippen LogP contribution in [0.15, 0.2) is 116 Å². The number of hydrogen-bond acceptors (Lipinski definition) is 3. The van der Waals surface area contributed by atoms with Crippen LogP contribution in [0.3, 0.4) is 0 Å². The molecule has 0 aliphatic rings. The topological polar surface area (TPSA) is 42.0 Å². The first kappa shape index (κ1) is 19.3. The molecule has 0 radical (unpaired) electrons. The van der Waals surface area contributed by atoms with Gasteiger partial charge in [0.05, 0.1) is 5.78 Å². The smallest absolute Gasteiger partial charge is 0.163 e. The maximum Gasteiger partial charge on any atom is 0.163 e. The number of benzene rings is 3. The Hall–Kier alpha value is -3.00. The number of nitrogens with zero attached hydrogens (tertiary/aromatic N) is 1. The predicted octanol–water partition coefficient (Wildman–Crippen LogP) is 4.88. The van der Waals surface area contributed by atoms with E-state index in [1.54, 1.807) is 12.4 Å². The molecule has 0 saturated heterocycles. The molecule has 29 heavy (non-hydrogen) atoms. The first-order valence-corrected chi connectivity index (χ1v) is 11.4. The summed E-state index contributed by atoms with van der Waals surface area (Å²) >= 11 is 0. The minimum atomic E-state index is -3.03. The van der Waals surface area contributed by atoms with Gasteiger partial charge in [-0.05, 0) is 23.3 Å². The molecule has 1 aromatic heterocycles. The molecule has 1 heterocycles. The highest BCUT2D eigenvalue weighted by atomic mass is 31.2. The standard InChI is InChI=1S/C25H23N2OP/c28-29(23-12-6-2-7-13-23,24-14-8-3-9-15-24)25(22-16-18-26-19-17-22)27-20-21-10-4-1-5-11-21/h1-19,25,27H,20H2/t25-/m0/s1. The van der Waals surface area contributed by atoms with E-state index in [1.165, 1.54) is 0 Å². The lowest BCUT2D eigenvalue weighted by Gasteiger charge is -2.30. The number of pyridine rings is 1. The van der Waals surface area contributed by atoms with E-state index < -0.39 is 7.14 Å². The zero-order valence-corrected chi connectivity index (χ0v) is 17.0. The Morgan fingerprint density at radius 3 is 1.69 bits per heavy atom. The summed E-state index contributed by atoms with van der Waals surface area (Å²) in [5.41, 5.74) is 2.12. The van der Waals surface area contributed by atoms with Crippen LogP contribution in [0.5, 0.6) is 0 Å². The van der Waals surface area contributed by atoms with Crippen molar-refractivity contribution in [1.29, 1.82) is 0 Å². The molecule has 1 atom stereocenters. The Labute approximate surface area is 171 Å². The highest BCUT2D eigenvalue weighted by Crippen LogP contribution is 2.55. The summed E-state index contributed by atoms with van der Waals surface area (Å²) in [4.78, 5) is 4.16. The molecule has 0 aliphatic carbocycles. The fraction of sp³-hybridized carbons (Fsp3) is 0.0800. The number of aromatic nitrogens is 1. The van der Waals surface area contributed by atoms with Crippen LogP contribution in [0.25, 0.3) is 0 Å². The minimum absolute atomic E-state index is 0.365. The van der Waals surface area contributed by atoms with Crippen molar-refractivity contribution in [3.8, 4) is 0 Å². The summed E-state index contributed by atoms with van der Waals surface area (Å²) in [6, 6.07) is 33.7. The van der Waals surface area contributed by atoms with Crippen molar-refractivity contribution in [1.82, 2.24) is 10.3 Å². The lowest BCUT2D eigenvalue weighted by atomic mass is 10.2. The van der Waals surface area contributed by atoms with E-state index >= 15 is 0 Å². The van der Waals surface area contributed by atoms with Gasteiger partial charge in [-0.2, -0.15) is 0 Å². The summed E-state index contributed by atoms with van der Waals surface area (Å²) in [6.45, 7) is 0.623. The van der Waals surface area contributed by atoms with Crippen LogP contribution < -0.4 is 15.9 Å². The van der Waals surface area contributed by atoms with Gasteiger partial charge in [0.1, 0.15) is 0 Å². The normalized spacial score (nSPS) is 12.4. The number of hydrogen-bond donors (Lipinski definition) is 1. The maximum atomic E-state index is 14.9. The van der Waals surface area contributed by atoms with Gasteiger partial charge < -0.3 is 4.57 Å². The fourth-order valence-electron chi connectivity index (χ4n) is 3.56. The van der Waals surface area contributed by atoms with E-state index in [1.807, 2.05) is 91.0 Å². The molecule has 4 rings (SSSR count). The molecule has 0 saturated carbocycles. The summed E-state index contributed by atoms with van der Waals surface area (Å²) in [5.74, 6) is -0.365. The van der Waals surface area contributed by atoms with Gasteiger partial charge in [-0.15, -0.1) is 0 Å². The second-order valence-corrected chi connectivity index (χ2v) is 9.74. The van der Waals surface area contributed by atoms with Gasteiger partial charge in [0.15, 0.2) is 7.14 Å². The molecule has 0 amide bonds. The molecule has 1 N–H and O–H groups in total. The third-order valence-electron chi connectivity index (χ3n) is 5.01. The van der Waals surface area contributed by atoms with Gasteiger partial charge in [-0.25, -0.2) is 0 Å². The molecule has 0 spiro atoms. The molecule has 3 nitrogen and oxygen atoms in total. The summed E-state index contributed by atoms with van der Waals surface area (Å²) in [5, 5.41) is 5.28. The molecule has 0 aliphatic heterocycles. The Balaban J connectivity index is 1.83. The van der Waals surface area contributed by atoms with Crippen molar-refractivity contribution in [2.24, 2.45) is 0 Å². The highest BCUT2D eigenvalue weighted by molar-refractivity contribution is 7.79. The molecular weight excluding hydrogens is 375 g/mol. The van der Waals surface area contributed by atoms with Crippen LogP contribution >= 0.6 is 7.14 Å². The monoisotopic (exact) mass is 398 g/mol. The van der Waals surface area contributed by atoms with E-state index in [0.29, 0.717) is 6.54 Å². The van der Waals surface area contributed by atoms with Crippen LogP contribution in [0.2, 0.25) is 0 Å². The zero-order valence-electron chi connectivity index (χ0n) is 16.1. The molecule has 0 bridgehead atoms. The molecular formula is C25H23N2OP. The van der Waals surface area contributed by atoms with Gasteiger partial charge in [0.25, 0.3) is 0 Å². The third kappa shape index (κ3) is 4.22. The summed E-state index contributed by atoms with van der Waals surface area (Å²) in [6.07, 6.45) is 3.51. The number of nitrogens with one attached hydrogen (secondary N) is 1. The molecule has 0 fully saturated rings. The minimum Gasteiger partial charge on any atom is -0.312 e. The van der Waals surface area contributed by atoms with Crippen LogP contribution in [0.1, 0.15) is 16.9 Å². The van der Waals surface area contributed by atoms with Crippen LogP contribution in [0, 0.1) is 0 Å². The lowest BCUT2D eigenvalue weighted by Crippen LogP contribution is -2.30. The molecule has 4 heteroatoms. The molecule has 3 aromatic carbocycles. The van der Waals surface area contributed by atoms with E-state index in [4.69, 9.17) is 0 Å². The Bertz CT molecular complexity index is 1030. The van der Waals surface area contributed by atoms with Gasteiger partial charge in [0, 0.05) is 29.5 Å². The van der Waals surface area contributed by atoms with Crippen molar-refractivity contribution in [3.05, 3.63) is 127 Å². The summed E-state index contributed by atoms with van der Waals surface area (Å²) < 4.78 is 14.9. The van der Waals surface area contributed by atoms with Crippen LogP contribution in [-0.4, -0.2) is 4.98 Å². The molecule has 4 aromatic rings. The first-order chi connectivity index (χ1) is 14.3. The Morgan fingerprint density at radius 2 is 1.17 bits per heavy atom. The van der Waals surface area contributed by atoms with Crippen molar-refractivity contribution >= 4 is 17.8 Å². The first-order valence-electron chi connectivity index (χ1n) is 9.66. The van der Waals surface area contributed by atoms with E-state index in [0.717, 1.165) is 21.7 Å². The average Bonchev–Trinajstić information content (AvgIpc) is 2.81. The third-order valence-corrected chi connectivity index (χ3v) is 8.35. The maximum absolute atomic E-state index is 14.9. The largest absolute Gasteiger partial charge is 0.312 e. The van der Waals surface area contributed by atoms with Crippen LogP contribution in [-0.2, 0) is 11.1 Å². The van der Waals surface area contributed by atoms with E-state index in [9.17, 15) is 4.57 Å². The SMILES string of the molecule is O=P(c1ccccc1)(c1ccccc1)[C@H](NCc1ccccc1)c1ccncc1. The van der Waals surface area contributed by atoms with E-state index in [-0.39, 0.29) is 5.78 Å². The Morgan fingerprint density at radius 1 is 0.690 bits per heavy atom. The van der Waals surface area contributed by atoms with Crippen LogP contribution in [0.4, 0.5) is 0 Å². The second kappa shape index (κ2) is 9.00. The second-order valence-electron chi connectivity index (χ2n) is 6.88. The van der Waals surface area contributed by atoms with Gasteiger partial charge in [-0.3, -0.25) is 10.3 Å². The van der Waals surface area contributed by atoms with Crippen molar-refractivity contribution in [2.75, 3.05) is 0 Å².